The first-order chi connectivity index (χ1) is 8.65. The Labute approximate surface area is 106 Å². The molecule has 0 heterocycles. The van der Waals surface area contributed by atoms with Crippen molar-refractivity contribution in [3.8, 4) is 0 Å². The molecule has 0 bridgehead atoms. The minimum atomic E-state index is -0.922. The van der Waals surface area contributed by atoms with Crippen LogP contribution >= 0.6 is 0 Å². The highest BCUT2D eigenvalue weighted by Crippen LogP contribution is 2.31. The molecule has 1 fully saturated rings. The van der Waals surface area contributed by atoms with E-state index in [1.165, 1.54) is 12.8 Å². The molecule has 0 atom stereocenters. The van der Waals surface area contributed by atoms with E-state index < -0.39 is 5.97 Å². The van der Waals surface area contributed by atoms with E-state index in [1.807, 2.05) is 6.07 Å². The van der Waals surface area contributed by atoms with Crippen molar-refractivity contribution >= 4 is 11.9 Å². The second kappa shape index (κ2) is 5.67. The topological polar surface area (TPSA) is 66.4 Å². The summed E-state index contributed by atoms with van der Waals surface area (Å²) in [5.41, 5.74) is 1.22. The third-order valence-electron chi connectivity index (χ3n) is 3.08. The Hall–Kier alpha value is -1.84. The highest BCUT2D eigenvalue weighted by atomic mass is 16.4. The smallest absolute Gasteiger partial charge is 0.335 e. The minimum absolute atomic E-state index is 0.104. The van der Waals surface area contributed by atoms with Gasteiger partial charge in [0.25, 0.3) is 0 Å². The molecule has 0 radical (unpaired) electrons. The van der Waals surface area contributed by atoms with Gasteiger partial charge in [0.1, 0.15) is 0 Å². The van der Waals surface area contributed by atoms with Gasteiger partial charge in [-0.05, 0) is 42.9 Å². The summed E-state index contributed by atoms with van der Waals surface area (Å²) in [5.74, 6) is -0.221. The van der Waals surface area contributed by atoms with Gasteiger partial charge in [0.15, 0.2) is 0 Å². The highest BCUT2D eigenvalue weighted by Gasteiger charge is 2.23. The van der Waals surface area contributed by atoms with Crippen LogP contribution in [0.4, 0.5) is 0 Å². The summed E-state index contributed by atoms with van der Waals surface area (Å²) in [6.45, 7) is 0.564. The van der Waals surface area contributed by atoms with Gasteiger partial charge in [-0.15, -0.1) is 0 Å². The van der Waals surface area contributed by atoms with E-state index in [0.29, 0.717) is 25.3 Å². The quantitative estimate of drug-likeness (QED) is 0.806. The minimum Gasteiger partial charge on any atom is -0.478 e. The Morgan fingerprint density at radius 3 is 2.78 bits per heavy atom. The van der Waals surface area contributed by atoms with Crippen molar-refractivity contribution in [2.45, 2.75) is 25.7 Å². The average Bonchev–Trinajstić information content (AvgIpc) is 3.13. The molecule has 2 rings (SSSR count). The maximum atomic E-state index is 11.5. The number of carbonyl (C=O) groups is 2. The van der Waals surface area contributed by atoms with E-state index in [0.717, 1.165) is 5.56 Å². The largest absolute Gasteiger partial charge is 0.478 e. The van der Waals surface area contributed by atoms with E-state index in [9.17, 15) is 9.59 Å². The molecular formula is C14H17NO3. The lowest BCUT2D eigenvalue weighted by Crippen LogP contribution is -2.25. The monoisotopic (exact) mass is 247 g/mol. The fourth-order valence-corrected chi connectivity index (χ4v) is 1.86. The summed E-state index contributed by atoms with van der Waals surface area (Å²) in [6.07, 6.45) is 3.65. The number of carbonyl (C=O) groups excluding carboxylic acids is 1. The SMILES string of the molecule is O=C(CC1CC1)NCCc1cccc(C(=O)O)c1. The van der Waals surface area contributed by atoms with E-state index in [2.05, 4.69) is 5.32 Å². The molecule has 18 heavy (non-hydrogen) atoms. The van der Waals surface area contributed by atoms with Gasteiger partial charge >= 0.3 is 5.97 Å². The zero-order chi connectivity index (χ0) is 13.0. The Morgan fingerprint density at radius 1 is 1.33 bits per heavy atom. The number of benzene rings is 1. The summed E-state index contributed by atoms with van der Waals surface area (Å²) >= 11 is 0. The van der Waals surface area contributed by atoms with Gasteiger partial charge in [-0.2, -0.15) is 0 Å². The van der Waals surface area contributed by atoms with Crippen molar-refractivity contribution in [3.05, 3.63) is 35.4 Å². The Balaban J connectivity index is 1.76. The van der Waals surface area contributed by atoms with Gasteiger partial charge in [0.05, 0.1) is 5.56 Å². The molecule has 4 heteroatoms. The molecule has 1 saturated carbocycles. The zero-order valence-corrected chi connectivity index (χ0v) is 10.2. The van der Waals surface area contributed by atoms with Crippen molar-refractivity contribution in [2.24, 2.45) is 5.92 Å². The fourth-order valence-electron chi connectivity index (χ4n) is 1.86. The highest BCUT2D eigenvalue weighted by molar-refractivity contribution is 5.87. The molecule has 4 nitrogen and oxygen atoms in total. The first kappa shape index (κ1) is 12.6. The summed E-state index contributed by atoms with van der Waals surface area (Å²) in [6, 6.07) is 6.82. The lowest BCUT2D eigenvalue weighted by Gasteiger charge is -2.05. The second-order valence-electron chi connectivity index (χ2n) is 4.75. The molecule has 0 unspecified atom stereocenters. The molecule has 1 aromatic rings. The normalized spacial score (nSPS) is 14.2. The van der Waals surface area contributed by atoms with Gasteiger partial charge < -0.3 is 10.4 Å². The molecule has 1 amide bonds. The van der Waals surface area contributed by atoms with Gasteiger partial charge in [-0.1, -0.05) is 12.1 Å². The van der Waals surface area contributed by atoms with Crippen LogP contribution < -0.4 is 5.32 Å². The van der Waals surface area contributed by atoms with Crippen molar-refractivity contribution in [1.29, 1.82) is 0 Å². The molecule has 0 aromatic heterocycles. The van der Waals surface area contributed by atoms with Gasteiger partial charge in [-0.25, -0.2) is 4.79 Å². The van der Waals surface area contributed by atoms with Crippen molar-refractivity contribution in [1.82, 2.24) is 5.32 Å². The van der Waals surface area contributed by atoms with Crippen LogP contribution in [-0.4, -0.2) is 23.5 Å². The zero-order valence-electron chi connectivity index (χ0n) is 10.2. The first-order valence-corrected chi connectivity index (χ1v) is 6.24. The van der Waals surface area contributed by atoms with Crippen molar-refractivity contribution in [2.75, 3.05) is 6.54 Å². The van der Waals surface area contributed by atoms with E-state index in [1.54, 1.807) is 18.2 Å². The number of carboxylic acid groups (broad SMARTS) is 1. The maximum Gasteiger partial charge on any atom is 0.335 e. The number of hydrogen-bond acceptors (Lipinski definition) is 2. The van der Waals surface area contributed by atoms with E-state index >= 15 is 0 Å². The number of nitrogens with one attached hydrogen (secondary N) is 1. The number of amides is 1. The molecule has 0 spiro atoms. The fraction of sp³-hybridized carbons (Fsp3) is 0.429. The second-order valence-corrected chi connectivity index (χ2v) is 4.75. The molecule has 0 aliphatic heterocycles. The Morgan fingerprint density at radius 2 is 2.11 bits per heavy atom. The third-order valence-corrected chi connectivity index (χ3v) is 3.08. The number of hydrogen-bond donors (Lipinski definition) is 2. The molecule has 2 N–H and O–H groups in total. The van der Waals surface area contributed by atoms with Crippen LogP contribution in [0.25, 0.3) is 0 Å². The molecule has 1 aliphatic carbocycles. The number of carboxylic acids is 1. The van der Waals surface area contributed by atoms with Crippen LogP contribution in [0.1, 0.15) is 35.2 Å². The summed E-state index contributed by atoms with van der Waals surface area (Å²) < 4.78 is 0. The average molecular weight is 247 g/mol. The molecule has 1 aromatic carbocycles. The summed E-state index contributed by atoms with van der Waals surface area (Å²) in [4.78, 5) is 22.2. The molecule has 1 aliphatic rings. The van der Waals surface area contributed by atoms with Crippen molar-refractivity contribution < 1.29 is 14.7 Å². The van der Waals surface area contributed by atoms with Gasteiger partial charge in [-0.3, -0.25) is 4.79 Å². The number of rotatable bonds is 6. The lowest BCUT2D eigenvalue weighted by atomic mass is 10.1. The van der Waals surface area contributed by atoms with Crippen LogP contribution in [0, 0.1) is 5.92 Å². The standard InChI is InChI=1S/C14H17NO3/c16-13(9-11-4-5-11)15-7-6-10-2-1-3-12(8-10)14(17)18/h1-3,8,11H,4-7,9H2,(H,15,16)(H,17,18). The van der Waals surface area contributed by atoms with E-state index in [4.69, 9.17) is 5.11 Å². The Bertz CT molecular complexity index is 452. The molecule has 96 valence electrons. The molecule has 0 saturated heterocycles. The van der Waals surface area contributed by atoms with Crippen LogP contribution in [-0.2, 0) is 11.2 Å². The number of aromatic carboxylic acids is 1. The van der Waals surface area contributed by atoms with Crippen LogP contribution in [0.15, 0.2) is 24.3 Å². The Kier molecular flexibility index (Phi) is 3.97. The van der Waals surface area contributed by atoms with Gasteiger partial charge in [0, 0.05) is 13.0 Å². The lowest BCUT2D eigenvalue weighted by molar-refractivity contribution is -0.121. The maximum absolute atomic E-state index is 11.5. The summed E-state index contributed by atoms with van der Waals surface area (Å²) in [5, 5.41) is 11.7. The van der Waals surface area contributed by atoms with Gasteiger partial charge in [0.2, 0.25) is 5.91 Å². The van der Waals surface area contributed by atoms with Crippen LogP contribution in [0.2, 0.25) is 0 Å². The van der Waals surface area contributed by atoms with Crippen molar-refractivity contribution in [3.63, 3.8) is 0 Å². The van der Waals surface area contributed by atoms with Crippen LogP contribution in [0.3, 0.4) is 0 Å². The van der Waals surface area contributed by atoms with Crippen LogP contribution in [0.5, 0.6) is 0 Å². The molecular weight excluding hydrogens is 230 g/mol. The summed E-state index contributed by atoms with van der Waals surface area (Å²) in [7, 11) is 0. The predicted molar refractivity (Wildman–Crippen MR) is 67.5 cm³/mol. The first-order valence-electron chi connectivity index (χ1n) is 6.24. The predicted octanol–water partition coefficient (Wildman–Crippen LogP) is 1.84. The van der Waals surface area contributed by atoms with E-state index in [-0.39, 0.29) is 11.5 Å². The third kappa shape index (κ3) is 3.87.